The molecule has 2 aromatic heterocycles. The molecule has 1 aromatic carbocycles. The number of anilines is 1. The van der Waals surface area contributed by atoms with Crippen molar-refractivity contribution in [1.29, 1.82) is 0 Å². The molecular formula is C20H20N4O. The van der Waals surface area contributed by atoms with Crippen LogP contribution in [-0.2, 0) is 12.8 Å². The van der Waals surface area contributed by atoms with Crippen LogP contribution in [0, 0.1) is 6.92 Å². The second kappa shape index (κ2) is 6.26. The molecule has 0 radical (unpaired) electrons. The van der Waals surface area contributed by atoms with E-state index in [9.17, 15) is 4.79 Å². The van der Waals surface area contributed by atoms with E-state index in [2.05, 4.69) is 15.3 Å². The lowest BCUT2D eigenvalue weighted by molar-refractivity contribution is 0.102. The van der Waals surface area contributed by atoms with Gasteiger partial charge in [0.05, 0.1) is 17.4 Å². The number of aryl methyl sites for hydroxylation is 2. The highest BCUT2D eigenvalue weighted by molar-refractivity contribution is 6.04. The first-order valence-electron chi connectivity index (χ1n) is 8.51. The third-order valence-corrected chi connectivity index (χ3v) is 4.71. The van der Waals surface area contributed by atoms with E-state index in [0.717, 1.165) is 47.0 Å². The molecule has 126 valence electrons. The summed E-state index contributed by atoms with van der Waals surface area (Å²) in [7, 11) is 0. The first kappa shape index (κ1) is 15.7. The number of carbonyl (C=O) groups is 1. The molecule has 3 aromatic rings. The molecule has 0 saturated heterocycles. The van der Waals surface area contributed by atoms with Gasteiger partial charge in [-0.1, -0.05) is 24.3 Å². The maximum atomic E-state index is 12.6. The molecule has 2 heterocycles. The van der Waals surface area contributed by atoms with Gasteiger partial charge < -0.3 is 11.1 Å². The number of hydrogen-bond acceptors (Lipinski definition) is 4. The SMILES string of the molecule is Cc1cccc2ccc(C(=O)Nc3cnc4c(c3)CC(N)CC4)nc12. The van der Waals surface area contributed by atoms with Gasteiger partial charge in [-0.05, 0) is 49.4 Å². The summed E-state index contributed by atoms with van der Waals surface area (Å²) < 4.78 is 0. The number of carbonyl (C=O) groups excluding carboxylic acids is 1. The number of nitrogens with one attached hydrogen (secondary N) is 1. The van der Waals surface area contributed by atoms with Crippen LogP contribution in [0.25, 0.3) is 10.9 Å². The number of rotatable bonds is 2. The second-order valence-electron chi connectivity index (χ2n) is 6.63. The quantitative estimate of drug-likeness (QED) is 0.756. The smallest absolute Gasteiger partial charge is 0.274 e. The van der Waals surface area contributed by atoms with E-state index in [-0.39, 0.29) is 11.9 Å². The fourth-order valence-electron chi connectivity index (χ4n) is 3.33. The predicted octanol–water partition coefficient (Wildman–Crippen LogP) is 3.01. The molecule has 1 aliphatic rings. The van der Waals surface area contributed by atoms with Crippen LogP contribution in [0.4, 0.5) is 5.69 Å². The lowest BCUT2D eigenvalue weighted by Gasteiger charge is -2.21. The van der Waals surface area contributed by atoms with E-state index in [4.69, 9.17) is 5.73 Å². The van der Waals surface area contributed by atoms with Crippen LogP contribution in [0.5, 0.6) is 0 Å². The number of nitrogens with zero attached hydrogens (tertiary/aromatic N) is 2. The summed E-state index contributed by atoms with van der Waals surface area (Å²) in [6.07, 6.45) is 4.38. The zero-order chi connectivity index (χ0) is 17.4. The molecule has 0 bridgehead atoms. The van der Waals surface area contributed by atoms with Crippen LogP contribution >= 0.6 is 0 Å². The van der Waals surface area contributed by atoms with Crippen LogP contribution in [0.1, 0.15) is 33.7 Å². The number of benzene rings is 1. The summed E-state index contributed by atoms with van der Waals surface area (Å²) in [4.78, 5) is 21.6. The van der Waals surface area contributed by atoms with Gasteiger partial charge in [-0.25, -0.2) is 4.98 Å². The number of amides is 1. The average molecular weight is 332 g/mol. The number of pyridine rings is 2. The van der Waals surface area contributed by atoms with E-state index in [1.807, 2.05) is 37.3 Å². The standard InChI is InChI=1S/C20H20N4O/c1-12-3-2-4-13-5-7-18(24-19(12)13)20(25)23-16-10-14-9-15(21)6-8-17(14)22-11-16/h2-5,7,10-11,15H,6,8-9,21H2,1H3,(H,23,25). The third-order valence-electron chi connectivity index (χ3n) is 4.71. The van der Waals surface area contributed by atoms with Crippen LogP contribution in [0.15, 0.2) is 42.6 Å². The Hall–Kier alpha value is -2.79. The Balaban J connectivity index is 1.60. The van der Waals surface area contributed by atoms with Crippen molar-refractivity contribution in [2.45, 2.75) is 32.2 Å². The molecule has 1 atom stereocenters. The van der Waals surface area contributed by atoms with E-state index in [1.165, 1.54) is 0 Å². The van der Waals surface area contributed by atoms with Gasteiger partial charge >= 0.3 is 0 Å². The molecular weight excluding hydrogens is 312 g/mol. The highest BCUT2D eigenvalue weighted by Gasteiger charge is 2.18. The van der Waals surface area contributed by atoms with Crippen LogP contribution in [-0.4, -0.2) is 21.9 Å². The largest absolute Gasteiger partial charge is 0.327 e. The number of nitrogens with two attached hydrogens (primary N) is 1. The van der Waals surface area contributed by atoms with Crippen molar-refractivity contribution < 1.29 is 4.79 Å². The summed E-state index contributed by atoms with van der Waals surface area (Å²) in [5.74, 6) is -0.230. The lowest BCUT2D eigenvalue weighted by Crippen LogP contribution is -2.28. The maximum Gasteiger partial charge on any atom is 0.274 e. The monoisotopic (exact) mass is 332 g/mol. The summed E-state index contributed by atoms with van der Waals surface area (Å²) in [6, 6.07) is 11.8. The van der Waals surface area contributed by atoms with Gasteiger partial charge in [0, 0.05) is 17.1 Å². The van der Waals surface area contributed by atoms with Crippen molar-refractivity contribution in [2.75, 3.05) is 5.32 Å². The molecule has 3 N–H and O–H groups in total. The number of fused-ring (bicyclic) bond motifs is 2. The predicted molar refractivity (Wildman–Crippen MR) is 98.7 cm³/mol. The molecule has 25 heavy (non-hydrogen) atoms. The number of para-hydroxylation sites is 1. The van der Waals surface area contributed by atoms with Gasteiger partial charge in [-0.2, -0.15) is 0 Å². The van der Waals surface area contributed by atoms with Crippen molar-refractivity contribution in [3.05, 3.63) is 65.1 Å². The maximum absolute atomic E-state index is 12.6. The topological polar surface area (TPSA) is 80.9 Å². The molecule has 0 fully saturated rings. The van der Waals surface area contributed by atoms with Gasteiger partial charge in [-0.15, -0.1) is 0 Å². The lowest BCUT2D eigenvalue weighted by atomic mass is 9.92. The van der Waals surface area contributed by atoms with Gasteiger partial charge in [0.2, 0.25) is 0 Å². The molecule has 5 nitrogen and oxygen atoms in total. The van der Waals surface area contributed by atoms with E-state index in [1.54, 1.807) is 12.3 Å². The van der Waals surface area contributed by atoms with Crippen molar-refractivity contribution in [2.24, 2.45) is 5.73 Å². The molecule has 4 rings (SSSR count). The molecule has 5 heteroatoms. The second-order valence-corrected chi connectivity index (χ2v) is 6.63. The number of hydrogen-bond donors (Lipinski definition) is 2. The van der Waals surface area contributed by atoms with Crippen molar-refractivity contribution in [3.63, 3.8) is 0 Å². The third kappa shape index (κ3) is 3.10. The zero-order valence-corrected chi connectivity index (χ0v) is 14.1. The molecule has 1 aliphatic carbocycles. The Bertz CT molecular complexity index is 967. The zero-order valence-electron chi connectivity index (χ0n) is 14.1. The van der Waals surface area contributed by atoms with Crippen LogP contribution < -0.4 is 11.1 Å². The minimum atomic E-state index is -0.230. The first-order chi connectivity index (χ1) is 12.1. The molecule has 0 aliphatic heterocycles. The summed E-state index contributed by atoms with van der Waals surface area (Å²) in [5, 5.41) is 3.93. The Kier molecular flexibility index (Phi) is 3.93. The van der Waals surface area contributed by atoms with E-state index >= 15 is 0 Å². The van der Waals surface area contributed by atoms with Gasteiger partial charge in [0.15, 0.2) is 0 Å². The molecule has 1 amide bonds. The van der Waals surface area contributed by atoms with Crippen molar-refractivity contribution in [3.8, 4) is 0 Å². The van der Waals surface area contributed by atoms with Gasteiger partial charge in [0.1, 0.15) is 5.69 Å². The summed E-state index contributed by atoms with van der Waals surface area (Å²) in [5.41, 5.74) is 11.2. The Morgan fingerprint density at radius 2 is 2.16 bits per heavy atom. The Morgan fingerprint density at radius 3 is 3.04 bits per heavy atom. The minimum absolute atomic E-state index is 0.172. The van der Waals surface area contributed by atoms with Crippen molar-refractivity contribution in [1.82, 2.24) is 9.97 Å². The fourth-order valence-corrected chi connectivity index (χ4v) is 3.33. The normalized spacial score (nSPS) is 16.5. The Labute approximate surface area is 146 Å². The van der Waals surface area contributed by atoms with E-state index < -0.39 is 0 Å². The fraction of sp³-hybridized carbons (Fsp3) is 0.250. The first-order valence-corrected chi connectivity index (χ1v) is 8.51. The molecule has 0 spiro atoms. The summed E-state index contributed by atoms with van der Waals surface area (Å²) >= 11 is 0. The minimum Gasteiger partial charge on any atom is -0.327 e. The van der Waals surface area contributed by atoms with Gasteiger partial charge in [0.25, 0.3) is 5.91 Å². The van der Waals surface area contributed by atoms with Crippen molar-refractivity contribution >= 4 is 22.5 Å². The average Bonchev–Trinajstić information content (AvgIpc) is 2.61. The molecule has 0 saturated carbocycles. The van der Waals surface area contributed by atoms with Gasteiger partial charge in [-0.3, -0.25) is 9.78 Å². The van der Waals surface area contributed by atoms with Crippen LogP contribution in [0.3, 0.4) is 0 Å². The number of aromatic nitrogens is 2. The highest BCUT2D eigenvalue weighted by Crippen LogP contribution is 2.22. The highest BCUT2D eigenvalue weighted by atomic mass is 16.1. The molecule has 1 unspecified atom stereocenters. The summed E-state index contributed by atoms with van der Waals surface area (Å²) in [6.45, 7) is 1.99. The van der Waals surface area contributed by atoms with E-state index in [0.29, 0.717) is 11.4 Å². The van der Waals surface area contributed by atoms with Crippen LogP contribution in [0.2, 0.25) is 0 Å². The Morgan fingerprint density at radius 1 is 1.28 bits per heavy atom.